The summed E-state index contributed by atoms with van der Waals surface area (Å²) in [5.41, 5.74) is 1.21. The van der Waals surface area contributed by atoms with Crippen LogP contribution in [0.3, 0.4) is 0 Å². The third kappa shape index (κ3) is 1.84. The zero-order valence-electron chi connectivity index (χ0n) is 11.9. The van der Waals surface area contributed by atoms with Crippen LogP contribution >= 0.6 is 34.7 Å². The second-order valence-corrected chi connectivity index (χ2v) is 9.31. The fourth-order valence-corrected chi connectivity index (χ4v) is 8.06. The highest BCUT2D eigenvalue weighted by molar-refractivity contribution is 8.00. The Kier molecular flexibility index (Phi) is 3.05. The summed E-state index contributed by atoms with van der Waals surface area (Å²) in [6.45, 7) is 0. The normalized spacial score (nSPS) is 35.4. The maximum absolute atomic E-state index is 11.9. The summed E-state index contributed by atoms with van der Waals surface area (Å²) >= 11 is 9.85. The van der Waals surface area contributed by atoms with E-state index >= 15 is 0 Å². The molecule has 22 heavy (non-hydrogen) atoms. The lowest BCUT2D eigenvalue weighted by Gasteiger charge is -2.40. The van der Waals surface area contributed by atoms with Crippen molar-refractivity contribution < 1.29 is 0 Å². The van der Waals surface area contributed by atoms with E-state index in [0.717, 1.165) is 21.9 Å². The smallest absolute Gasteiger partial charge is 0.305 e. The lowest BCUT2D eigenvalue weighted by molar-refractivity contribution is 0.307. The molecule has 1 aromatic carbocycles. The van der Waals surface area contributed by atoms with Crippen molar-refractivity contribution in [2.24, 2.45) is 17.8 Å². The summed E-state index contributed by atoms with van der Waals surface area (Å²) < 4.78 is 0. The van der Waals surface area contributed by atoms with Crippen LogP contribution in [0.2, 0.25) is 5.02 Å². The number of aromatic amines is 1. The van der Waals surface area contributed by atoms with Gasteiger partial charge in [0.15, 0.2) is 0 Å². The molecule has 2 fully saturated rings. The number of hydrogen-bond acceptors (Lipinski definition) is 3. The van der Waals surface area contributed by atoms with Crippen molar-refractivity contribution in [2.75, 3.05) is 0 Å². The number of thioether (sulfide) groups is 1. The van der Waals surface area contributed by atoms with Gasteiger partial charge in [0.25, 0.3) is 0 Å². The first kappa shape index (κ1) is 13.7. The van der Waals surface area contributed by atoms with E-state index in [1.54, 1.807) is 0 Å². The zero-order chi connectivity index (χ0) is 14.8. The first-order valence-electron chi connectivity index (χ1n) is 7.86. The molecule has 2 bridgehead atoms. The topological polar surface area (TPSA) is 32.9 Å². The molecule has 5 atom stereocenters. The van der Waals surface area contributed by atoms with Crippen LogP contribution in [0.15, 0.2) is 34.1 Å². The van der Waals surface area contributed by atoms with Gasteiger partial charge in [0.2, 0.25) is 0 Å². The highest BCUT2D eigenvalue weighted by atomic mass is 35.5. The highest BCUT2D eigenvalue weighted by Crippen LogP contribution is 2.64. The lowest BCUT2D eigenvalue weighted by atomic mass is 9.75. The van der Waals surface area contributed by atoms with Gasteiger partial charge in [-0.2, -0.15) is 0 Å². The Labute approximate surface area is 142 Å². The Morgan fingerprint density at radius 3 is 2.86 bits per heavy atom. The van der Waals surface area contributed by atoms with Crippen LogP contribution in [0.25, 0.3) is 0 Å². The van der Waals surface area contributed by atoms with Gasteiger partial charge in [-0.25, -0.2) is 0 Å². The van der Waals surface area contributed by atoms with Gasteiger partial charge in [-0.05, 0) is 48.6 Å². The van der Waals surface area contributed by atoms with E-state index in [1.165, 1.54) is 41.0 Å². The van der Waals surface area contributed by atoms with Crippen molar-refractivity contribution in [2.45, 2.75) is 35.5 Å². The molecule has 0 unspecified atom stereocenters. The van der Waals surface area contributed by atoms with E-state index in [-0.39, 0.29) is 4.87 Å². The Morgan fingerprint density at radius 1 is 1.18 bits per heavy atom. The standard InChI is InChI=1S/C17H16ClNOS2/c18-11-4-2-1-3-10(11)13-12-8-5-6-9(7-8)14(12)21-16-15(13)22-17(20)19-16/h1-4,8-9,12-14H,5-7H2,(H,19,20)/t8-,9-,12+,13-,14+/m1/s1. The maximum atomic E-state index is 11.9. The maximum Gasteiger partial charge on any atom is 0.305 e. The van der Waals surface area contributed by atoms with Crippen LogP contribution in [0.5, 0.6) is 0 Å². The molecule has 1 aliphatic heterocycles. The van der Waals surface area contributed by atoms with E-state index in [0.29, 0.717) is 17.1 Å². The number of hydrogen-bond donors (Lipinski definition) is 1. The third-order valence-electron chi connectivity index (χ3n) is 5.71. The summed E-state index contributed by atoms with van der Waals surface area (Å²) in [6, 6.07) is 8.19. The SMILES string of the molecule is O=c1[nH]c2c(s1)[C@H](c1ccccc1Cl)[C@@H]1[C@@H]3CC[C@H](C3)[C@@H]1S2. The van der Waals surface area contributed by atoms with Crippen LogP contribution in [0.4, 0.5) is 0 Å². The molecular weight excluding hydrogens is 334 g/mol. The molecule has 1 N–H and O–H groups in total. The van der Waals surface area contributed by atoms with Gasteiger partial charge < -0.3 is 4.98 Å². The van der Waals surface area contributed by atoms with Crippen molar-refractivity contribution in [3.8, 4) is 0 Å². The third-order valence-corrected chi connectivity index (χ3v) is 8.67. The molecule has 5 rings (SSSR count). The fourth-order valence-electron chi connectivity index (χ4n) is 4.92. The predicted octanol–water partition coefficient (Wildman–Crippen LogP) is 4.74. The van der Waals surface area contributed by atoms with Gasteiger partial charge in [-0.3, -0.25) is 4.79 Å². The molecule has 2 saturated carbocycles. The summed E-state index contributed by atoms with van der Waals surface area (Å²) in [6.07, 6.45) is 4.07. The Morgan fingerprint density at radius 2 is 2.00 bits per heavy atom. The molecule has 3 aliphatic rings. The van der Waals surface area contributed by atoms with Crippen molar-refractivity contribution in [1.29, 1.82) is 0 Å². The monoisotopic (exact) mass is 349 g/mol. The molecule has 0 amide bonds. The number of fused-ring (bicyclic) bond motifs is 6. The quantitative estimate of drug-likeness (QED) is 0.806. The second-order valence-electron chi connectivity index (χ2n) is 6.70. The van der Waals surface area contributed by atoms with Crippen LogP contribution < -0.4 is 4.87 Å². The van der Waals surface area contributed by atoms with E-state index in [1.807, 2.05) is 23.9 Å². The zero-order valence-corrected chi connectivity index (χ0v) is 14.3. The molecule has 2 heterocycles. The minimum atomic E-state index is 0.0712. The number of H-pyrrole nitrogens is 1. The molecule has 114 valence electrons. The first-order chi connectivity index (χ1) is 10.7. The van der Waals surface area contributed by atoms with E-state index in [2.05, 4.69) is 17.1 Å². The minimum absolute atomic E-state index is 0.0712. The number of aromatic nitrogens is 1. The summed E-state index contributed by atoms with van der Waals surface area (Å²) in [5, 5.41) is 2.60. The van der Waals surface area contributed by atoms with Gasteiger partial charge in [0.05, 0.1) is 5.03 Å². The molecule has 0 radical (unpaired) electrons. The predicted molar refractivity (Wildman–Crippen MR) is 92.2 cm³/mol. The largest absolute Gasteiger partial charge is 0.307 e. The number of rotatable bonds is 1. The lowest BCUT2D eigenvalue weighted by Crippen LogP contribution is -2.33. The van der Waals surface area contributed by atoms with Crippen molar-refractivity contribution >= 4 is 34.7 Å². The first-order valence-corrected chi connectivity index (χ1v) is 9.94. The molecule has 2 nitrogen and oxygen atoms in total. The summed E-state index contributed by atoms with van der Waals surface area (Å²) in [4.78, 5) is 16.3. The van der Waals surface area contributed by atoms with Gasteiger partial charge >= 0.3 is 4.87 Å². The molecular formula is C17H16ClNOS2. The molecule has 0 spiro atoms. The summed E-state index contributed by atoms with van der Waals surface area (Å²) in [7, 11) is 0. The molecule has 2 aliphatic carbocycles. The van der Waals surface area contributed by atoms with Crippen LogP contribution in [-0.4, -0.2) is 10.2 Å². The second kappa shape index (κ2) is 4.89. The Hall–Kier alpha value is -0.710. The molecule has 0 saturated heterocycles. The Bertz CT molecular complexity index is 798. The number of halogens is 1. The van der Waals surface area contributed by atoms with Gasteiger partial charge in [0, 0.05) is 21.1 Å². The van der Waals surface area contributed by atoms with Crippen LogP contribution in [0.1, 0.15) is 35.6 Å². The average Bonchev–Trinajstić information content (AvgIpc) is 3.19. The van der Waals surface area contributed by atoms with Gasteiger partial charge in [-0.15, -0.1) is 11.8 Å². The summed E-state index contributed by atoms with van der Waals surface area (Å²) in [5.74, 6) is 2.56. The van der Waals surface area contributed by atoms with E-state index < -0.39 is 0 Å². The number of nitrogens with one attached hydrogen (secondary N) is 1. The minimum Gasteiger partial charge on any atom is -0.307 e. The van der Waals surface area contributed by atoms with Crippen LogP contribution in [0, 0.1) is 17.8 Å². The number of thiazole rings is 1. The van der Waals surface area contributed by atoms with Gasteiger partial charge in [0.1, 0.15) is 0 Å². The van der Waals surface area contributed by atoms with Crippen molar-refractivity contribution in [3.63, 3.8) is 0 Å². The van der Waals surface area contributed by atoms with E-state index in [4.69, 9.17) is 11.6 Å². The van der Waals surface area contributed by atoms with Gasteiger partial charge in [-0.1, -0.05) is 41.1 Å². The van der Waals surface area contributed by atoms with E-state index in [9.17, 15) is 4.79 Å². The molecule has 1 aromatic heterocycles. The number of benzene rings is 1. The molecule has 2 aromatic rings. The fraction of sp³-hybridized carbons (Fsp3) is 0.471. The average molecular weight is 350 g/mol. The highest BCUT2D eigenvalue weighted by Gasteiger charge is 2.54. The van der Waals surface area contributed by atoms with Crippen LogP contribution in [-0.2, 0) is 0 Å². The van der Waals surface area contributed by atoms with Crippen molar-refractivity contribution in [3.05, 3.63) is 49.4 Å². The van der Waals surface area contributed by atoms with Crippen molar-refractivity contribution in [1.82, 2.24) is 4.98 Å². The molecule has 5 heteroatoms. The Balaban J connectivity index is 1.72.